The van der Waals surface area contributed by atoms with Gasteiger partial charge in [-0.15, -0.1) is 0 Å². The van der Waals surface area contributed by atoms with Crippen LogP contribution in [0, 0.1) is 11.7 Å². The minimum Gasteiger partial charge on any atom is -0.474 e. The van der Waals surface area contributed by atoms with E-state index in [0.717, 1.165) is 11.3 Å². The van der Waals surface area contributed by atoms with Gasteiger partial charge in [-0.3, -0.25) is 0 Å². The molecule has 0 bridgehead atoms. The van der Waals surface area contributed by atoms with Crippen molar-refractivity contribution in [3.8, 4) is 0 Å². The van der Waals surface area contributed by atoms with E-state index in [2.05, 4.69) is 23.4 Å². The molecule has 1 aromatic carbocycles. The first-order valence-corrected chi connectivity index (χ1v) is 7.24. The van der Waals surface area contributed by atoms with Gasteiger partial charge < -0.3 is 9.30 Å². The summed E-state index contributed by atoms with van der Waals surface area (Å²) in [6.07, 6.45) is 1.99. The lowest BCUT2D eigenvalue weighted by Gasteiger charge is -2.09. The van der Waals surface area contributed by atoms with Crippen molar-refractivity contribution in [1.29, 1.82) is 0 Å². The minimum absolute atomic E-state index is 0.213. The summed E-state index contributed by atoms with van der Waals surface area (Å²) in [6, 6.07) is 10.8. The molecule has 0 fully saturated rings. The predicted molar refractivity (Wildman–Crippen MR) is 81.0 cm³/mol. The highest BCUT2D eigenvalue weighted by molar-refractivity contribution is 5.93. The molecule has 2 aromatic rings. The van der Waals surface area contributed by atoms with Crippen molar-refractivity contribution in [1.82, 2.24) is 4.57 Å². The summed E-state index contributed by atoms with van der Waals surface area (Å²) in [4.78, 5) is 4.66. The molecule has 4 heteroatoms. The third-order valence-electron chi connectivity index (χ3n) is 3.76. The molecule has 2 heterocycles. The Morgan fingerprint density at radius 1 is 1.29 bits per heavy atom. The Morgan fingerprint density at radius 2 is 2.05 bits per heavy atom. The Hall–Kier alpha value is -2.10. The zero-order chi connectivity index (χ0) is 14.8. The molecule has 0 saturated heterocycles. The maximum absolute atomic E-state index is 13.0. The molecular weight excluding hydrogens is 267 g/mol. The molecule has 0 saturated carbocycles. The molecular formula is C17H19FN2O. The van der Waals surface area contributed by atoms with Gasteiger partial charge in [0.15, 0.2) is 0 Å². The van der Waals surface area contributed by atoms with Gasteiger partial charge in [-0.25, -0.2) is 9.38 Å². The van der Waals surface area contributed by atoms with E-state index in [1.54, 1.807) is 12.1 Å². The molecule has 1 aliphatic rings. The number of benzene rings is 1. The normalized spacial score (nSPS) is 17.9. The van der Waals surface area contributed by atoms with Crippen LogP contribution < -0.4 is 0 Å². The Labute approximate surface area is 124 Å². The van der Waals surface area contributed by atoms with E-state index >= 15 is 0 Å². The molecule has 0 amide bonds. The summed E-state index contributed by atoms with van der Waals surface area (Å²) >= 11 is 0. The number of aliphatic imine (C=N–C) groups is 1. The molecule has 0 aliphatic carbocycles. The fraction of sp³-hybridized carbons (Fsp3) is 0.353. The van der Waals surface area contributed by atoms with Gasteiger partial charge in [-0.1, -0.05) is 26.0 Å². The van der Waals surface area contributed by atoms with Crippen molar-refractivity contribution in [3.05, 3.63) is 59.7 Å². The summed E-state index contributed by atoms with van der Waals surface area (Å²) in [5, 5.41) is 0. The molecule has 0 N–H and O–H groups in total. The van der Waals surface area contributed by atoms with Crippen molar-refractivity contribution in [2.75, 3.05) is 6.61 Å². The summed E-state index contributed by atoms with van der Waals surface area (Å²) in [5.41, 5.74) is 2.02. The molecule has 1 atom stereocenters. The van der Waals surface area contributed by atoms with Crippen LogP contribution in [-0.4, -0.2) is 23.1 Å². The number of ether oxygens (including phenoxy) is 1. The van der Waals surface area contributed by atoms with Crippen LogP contribution in [-0.2, 0) is 11.3 Å². The molecule has 1 unspecified atom stereocenters. The van der Waals surface area contributed by atoms with Crippen LogP contribution in [0.3, 0.4) is 0 Å². The number of hydrogen-bond acceptors (Lipinski definition) is 2. The second-order valence-electron chi connectivity index (χ2n) is 5.70. The van der Waals surface area contributed by atoms with Crippen LogP contribution in [0.5, 0.6) is 0 Å². The van der Waals surface area contributed by atoms with Crippen LogP contribution in [0.25, 0.3) is 0 Å². The Morgan fingerprint density at radius 3 is 2.71 bits per heavy atom. The first-order chi connectivity index (χ1) is 10.1. The number of hydrogen-bond donors (Lipinski definition) is 0. The average molecular weight is 286 g/mol. The fourth-order valence-corrected chi connectivity index (χ4v) is 2.40. The first kappa shape index (κ1) is 13.9. The van der Waals surface area contributed by atoms with E-state index in [4.69, 9.17) is 4.74 Å². The van der Waals surface area contributed by atoms with Gasteiger partial charge in [0.1, 0.15) is 18.1 Å². The zero-order valence-corrected chi connectivity index (χ0v) is 12.3. The van der Waals surface area contributed by atoms with Gasteiger partial charge in [0, 0.05) is 12.7 Å². The summed E-state index contributed by atoms with van der Waals surface area (Å²) in [7, 11) is 0. The molecule has 110 valence electrons. The molecule has 0 spiro atoms. The molecule has 3 rings (SSSR count). The Balaban J connectivity index is 1.81. The monoisotopic (exact) mass is 286 g/mol. The maximum Gasteiger partial charge on any atom is 0.233 e. The fourth-order valence-electron chi connectivity index (χ4n) is 2.40. The van der Waals surface area contributed by atoms with Gasteiger partial charge in [0.05, 0.1) is 6.04 Å². The van der Waals surface area contributed by atoms with Gasteiger partial charge in [0.2, 0.25) is 5.90 Å². The highest BCUT2D eigenvalue weighted by Crippen LogP contribution is 2.19. The minimum atomic E-state index is -0.213. The van der Waals surface area contributed by atoms with E-state index in [1.807, 2.05) is 18.3 Å². The molecule has 0 radical (unpaired) electrons. The summed E-state index contributed by atoms with van der Waals surface area (Å²) in [6.45, 7) is 5.63. The first-order valence-electron chi connectivity index (χ1n) is 7.24. The smallest absolute Gasteiger partial charge is 0.233 e. The zero-order valence-electron chi connectivity index (χ0n) is 12.3. The number of aromatic nitrogens is 1. The van der Waals surface area contributed by atoms with E-state index in [-0.39, 0.29) is 11.9 Å². The number of rotatable bonds is 4. The van der Waals surface area contributed by atoms with Crippen LogP contribution >= 0.6 is 0 Å². The van der Waals surface area contributed by atoms with Crippen LogP contribution in [0.4, 0.5) is 4.39 Å². The van der Waals surface area contributed by atoms with E-state index in [9.17, 15) is 4.39 Å². The highest BCUT2D eigenvalue weighted by atomic mass is 19.1. The van der Waals surface area contributed by atoms with E-state index in [0.29, 0.717) is 25.0 Å². The lowest BCUT2D eigenvalue weighted by molar-refractivity contribution is 0.290. The molecule has 1 aromatic heterocycles. The van der Waals surface area contributed by atoms with Crippen molar-refractivity contribution < 1.29 is 9.13 Å². The van der Waals surface area contributed by atoms with Gasteiger partial charge in [-0.2, -0.15) is 0 Å². The summed E-state index contributed by atoms with van der Waals surface area (Å²) in [5.74, 6) is 0.971. The SMILES string of the molecule is CC(C)C1COC(c2cccn2Cc2ccc(F)cc2)=N1. The third kappa shape index (κ3) is 2.99. The third-order valence-corrected chi connectivity index (χ3v) is 3.76. The quantitative estimate of drug-likeness (QED) is 0.845. The number of nitrogens with zero attached hydrogens (tertiary/aromatic N) is 2. The largest absolute Gasteiger partial charge is 0.474 e. The lowest BCUT2D eigenvalue weighted by Crippen LogP contribution is -2.13. The van der Waals surface area contributed by atoms with Crippen molar-refractivity contribution in [2.24, 2.45) is 10.9 Å². The average Bonchev–Trinajstić information content (AvgIpc) is 3.09. The van der Waals surface area contributed by atoms with Crippen molar-refractivity contribution in [2.45, 2.75) is 26.4 Å². The standard InChI is InChI=1S/C17H19FN2O/c1-12(2)15-11-21-17(19-15)16-4-3-9-20(16)10-13-5-7-14(18)8-6-13/h3-9,12,15H,10-11H2,1-2H3. The molecule has 3 nitrogen and oxygen atoms in total. The number of halogens is 1. The van der Waals surface area contributed by atoms with E-state index < -0.39 is 0 Å². The van der Waals surface area contributed by atoms with Gasteiger partial charge in [-0.05, 0) is 35.7 Å². The van der Waals surface area contributed by atoms with Gasteiger partial charge >= 0.3 is 0 Å². The topological polar surface area (TPSA) is 26.5 Å². The second kappa shape index (κ2) is 5.72. The van der Waals surface area contributed by atoms with E-state index in [1.165, 1.54) is 12.1 Å². The van der Waals surface area contributed by atoms with Gasteiger partial charge in [0.25, 0.3) is 0 Å². The predicted octanol–water partition coefficient (Wildman–Crippen LogP) is 3.48. The van der Waals surface area contributed by atoms with Crippen LogP contribution in [0.2, 0.25) is 0 Å². The maximum atomic E-state index is 13.0. The van der Waals surface area contributed by atoms with Crippen LogP contribution in [0.15, 0.2) is 47.6 Å². The Kier molecular flexibility index (Phi) is 3.78. The van der Waals surface area contributed by atoms with Crippen molar-refractivity contribution in [3.63, 3.8) is 0 Å². The highest BCUT2D eigenvalue weighted by Gasteiger charge is 2.24. The Bertz CT molecular complexity index is 643. The lowest BCUT2D eigenvalue weighted by atomic mass is 10.1. The molecule has 1 aliphatic heterocycles. The second-order valence-corrected chi connectivity index (χ2v) is 5.70. The summed E-state index contributed by atoms with van der Waals surface area (Å²) < 4.78 is 20.8. The van der Waals surface area contributed by atoms with Crippen molar-refractivity contribution >= 4 is 5.90 Å². The molecule has 21 heavy (non-hydrogen) atoms. The van der Waals surface area contributed by atoms with Crippen LogP contribution in [0.1, 0.15) is 25.1 Å².